The van der Waals surface area contributed by atoms with Gasteiger partial charge in [0.25, 0.3) is 0 Å². The Balaban J connectivity index is 1.67. The summed E-state index contributed by atoms with van der Waals surface area (Å²) < 4.78 is 0. The molecular formula is C16H21N3O3. The van der Waals surface area contributed by atoms with Gasteiger partial charge in [0.05, 0.1) is 6.10 Å². The molecule has 1 aliphatic carbocycles. The molecule has 2 aliphatic rings. The van der Waals surface area contributed by atoms with E-state index in [1.165, 1.54) is 0 Å². The van der Waals surface area contributed by atoms with Crippen molar-refractivity contribution >= 4 is 17.5 Å². The van der Waals surface area contributed by atoms with Crippen LogP contribution in [0.3, 0.4) is 0 Å². The van der Waals surface area contributed by atoms with Crippen molar-refractivity contribution in [3.05, 3.63) is 29.8 Å². The molecule has 2 amide bonds. The summed E-state index contributed by atoms with van der Waals surface area (Å²) >= 11 is 0. The van der Waals surface area contributed by atoms with Gasteiger partial charge >= 0.3 is 0 Å². The molecule has 1 atom stereocenters. The van der Waals surface area contributed by atoms with Crippen LogP contribution in [0.1, 0.15) is 37.2 Å². The van der Waals surface area contributed by atoms with Crippen LogP contribution < -0.4 is 16.4 Å². The van der Waals surface area contributed by atoms with E-state index in [4.69, 9.17) is 5.73 Å². The number of nitrogens with two attached hydrogens (primary N) is 1. The van der Waals surface area contributed by atoms with Crippen LogP contribution in [-0.2, 0) is 9.59 Å². The summed E-state index contributed by atoms with van der Waals surface area (Å²) in [5, 5.41) is 15.5. The summed E-state index contributed by atoms with van der Waals surface area (Å²) in [7, 11) is 0. The Labute approximate surface area is 129 Å². The first-order valence-corrected chi connectivity index (χ1v) is 7.62. The number of hydrogen-bond acceptors (Lipinski definition) is 4. The fourth-order valence-electron chi connectivity index (χ4n) is 3.41. The van der Waals surface area contributed by atoms with Gasteiger partial charge in [-0.25, -0.2) is 0 Å². The SMILES string of the molecule is NC(=O)C1(NC(=O)CC2CCNc3ccccc32)CC(O)C1. The van der Waals surface area contributed by atoms with Crippen LogP contribution in [0.2, 0.25) is 0 Å². The monoisotopic (exact) mass is 303 g/mol. The van der Waals surface area contributed by atoms with Crippen LogP contribution in [0.25, 0.3) is 0 Å². The number of benzene rings is 1. The number of anilines is 1. The number of para-hydroxylation sites is 1. The maximum absolute atomic E-state index is 12.3. The Hall–Kier alpha value is -2.08. The molecule has 0 saturated heterocycles. The average Bonchev–Trinajstić information content (AvgIpc) is 2.45. The van der Waals surface area contributed by atoms with E-state index in [2.05, 4.69) is 10.6 Å². The number of carbonyl (C=O) groups is 2. The van der Waals surface area contributed by atoms with Crippen molar-refractivity contribution in [2.24, 2.45) is 5.73 Å². The first-order valence-electron chi connectivity index (χ1n) is 7.62. The van der Waals surface area contributed by atoms with E-state index in [-0.39, 0.29) is 24.7 Å². The minimum Gasteiger partial charge on any atom is -0.393 e. The quantitative estimate of drug-likeness (QED) is 0.649. The van der Waals surface area contributed by atoms with Crippen LogP contribution in [0, 0.1) is 0 Å². The highest BCUT2D eigenvalue weighted by molar-refractivity contribution is 5.91. The van der Waals surface area contributed by atoms with Crippen LogP contribution in [0.5, 0.6) is 0 Å². The first-order chi connectivity index (χ1) is 10.5. The number of primary amides is 1. The second kappa shape index (κ2) is 5.61. The van der Waals surface area contributed by atoms with Crippen molar-refractivity contribution in [1.82, 2.24) is 5.32 Å². The number of rotatable bonds is 4. The average molecular weight is 303 g/mol. The Morgan fingerprint density at radius 3 is 2.77 bits per heavy atom. The third kappa shape index (κ3) is 2.66. The van der Waals surface area contributed by atoms with Crippen LogP contribution in [0.4, 0.5) is 5.69 Å². The maximum Gasteiger partial charge on any atom is 0.243 e. The number of aliphatic hydroxyl groups excluding tert-OH is 1. The highest BCUT2D eigenvalue weighted by Crippen LogP contribution is 2.35. The lowest BCUT2D eigenvalue weighted by atomic mass is 9.73. The molecule has 118 valence electrons. The van der Waals surface area contributed by atoms with Crippen molar-refractivity contribution in [3.63, 3.8) is 0 Å². The smallest absolute Gasteiger partial charge is 0.243 e. The molecule has 22 heavy (non-hydrogen) atoms. The third-order valence-electron chi connectivity index (χ3n) is 4.66. The highest BCUT2D eigenvalue weighted by Gasteiger charge is 2.49. The van der Waals surface area contributed by atoms with Crippen molar-refractivity contribution in [2.45, 2.75) is 43.2 Å². The number of carbonyl (C=O) groups excluding carboxylic acids is 2. The van der Waals surface area contributed by atoms with Gasteiger partial charge < -0.3 is 21.5 Å². The van der Waals surface area contributed by atoms with Crippen LogP contribution >= 0.6 is 0 Å². The topological polar surface area (TPSA) is 104 Å². The lowest BCUT2D eigenvalue weighted by Crippen LogP contribution is -2.66. The fourth-order valence-corrected chi connectivity index (χ4v) is 3.41. The molecule has 1 heterocycles. The van der Waals surface area contributed by atoms with Gasteiger partial charge in [0.1, 0.15) is 5.54 Å². The van der Waals surface area contributed by atoms with Crippen molar-refractivity contribution in [2.75, 3.05) is 11.9 Å². The summed E-state index contributed by atoms with van der Waals surface area (Å²) in [5.41, 5.74) is 6.51. The lowest BCUT2D eigenvalue weighted by molar-refractivity contribution is -0.140. The van der Waals surface area contributed by atoms with E-state index in [1.807, 2.05) is 24.3 Å². The molecule has 1 unspecified atom stereocenters. The number of hydrogen-bond donors (Lipinski definition) is 4. The molecule has 1 aromatic carbocycles. The number of fused-ring (bicyclic) bond motifs is 1. The number of aliphatic hydroxyl groups is 1. The van der Waals surface area contributed by atoms with Gasteiger partial charge in [0.15, 0.2) is 0 Å². The molecule has 1 aromatic rings. The summed E-state index contributed by atoms with van der Waals surface area (Å²) in [5.74, 6) is -0.628. The standard InChI is InChI=1S/C16H21N3O3/c17-15(22)16(8-11(20)9-16)19-14(21)7-10-5-6-18-13-4-2-1-3-12(10)13/h1-4,10-11,18,20H,5-9H2,(H2,17,22)(H,19,21). The van der Waals surface area contributed by atoms with Gasteiger partial charge in [-0.2, -0.15) is 0 Å². The molecule has 6 heteroatoms. The summed E-state index contributed by atoms with van der Waals surface area (Å²) in [6.07, 6.45) is 1.04. The summed E-state index contributed by atoms with van der Waals surface area (Å²) in [4.78, 5) is 23.9. The minimum atomic E-state index is -1.07. The molecule has 5 N–H and O–H groups in total. The van der Waals surface area contributed by atoms with Crippen LogP contribution in [0.15, 0.2) is 24.3 Å². The Bertz CT molecular complexity index is 596. The second-order valence-electron chi connectivity index (χ2n) is 6.26. The van der Waals surface area contributed by atoms with Gasteiger partial charge in [-0.05, 0) is 24.0 Å². The molecule has 3 rings (SSSR count). The summed E-state index contributed by atoms with van der Waals surface area (Å²) in [6.45, 7) is 0.828. The Morgan fingerprint density at radius 2 is 2.09 bits per heavy atom. The van der Waals surface area contributed by atoms with E-state index >= 15 is 0 Å². The maximum atomic E-state index is 12.3. The molecule has 0 aromatic heterocycles. The highest BCUT2D eigenvalue weighted by atomic mass is 16.3. The van der Waals surface area contributed by atoms with E-state index in [0.717, 1.165) is 24.2 Å². The third-order valence-corrected chi connectivity index (χ3v) is 4.66. The van der Waals surface area contributed by atoms with Gasteiger partial charge in [0.2, 0.25) is 11.8 Å². The largest absolute Gasteiger partial charge is 0.393 e. The molecule has 0 spiro atoms. The number of nitrogens with one attached hydrogen (secondary N) is 2. The minimum absolute atomic E-state index is 0.132. The molecule has 1 fully saturated rings. The first kappa shape index (κ1) is 14.8. The molecule has 0 bridgehead atoms. The fraction of sp³-hybridized carbons (Fsp3) is 0.500. The lowest BCUT2D eigenvalue weighted by Gasteiger charge is -2.43. The van der Waals surface area contributed by atoms with E-state index in [9.17, 15) is 14.7 Å². The zero-order valence-corrected chi connectivity index (χ0v) is 12.3. The molecule has 6 nitrogen and oxygen atoms in total. The predicted octanol–water partition coefficient (Wildman–Crippen LogP) is 0.471. The van der Waals surface area contributed by atoms with Gasteiger partial charge in [-0.1, -0.05) is 18.2 Å². The van der Waals surface area contributed by atoms with E-state index in [0.29, 0.717) is 6.42 Å². The zero-order valence-electron chi connectivity index (χ0n) is 12.3. The van der Waals surface area contributed by atoms with Crippen molar-refractivity contribution < 1.29 is 14.7 Å². The molecule has 1 saturated carbocycles. The van der Waals surface area contributed by atoms with E-state index < -0.39 is 17.6 Å². The van der Waals surface area contributed by atoms with Gasteiger partial charge in [-0.15, -0.1) is 0 Å². The Kier molecular flexibility index (Phi) is 3.78. The predicted molar refractivity (Wildman–Crippen MR) is 82.2 cm³/mol. The van der Waals surface area contributed by atoms with Gasteiger partial charge in [-0.3, -0.25) is 9.59 Å². The number of amides is 2. The van der Waals surface area contributed by atoms with Crippen LogP contribution in [-0.4, -0.2) is 35.1 Å². The van der Waals surface area contributed by atoms with Crippen molar-refractivity contribution in [1.29, 1.82) is 0 Å². The molecular weight excluding hydrogens is 282 g/mol. The van der Waals surface area contributed by atoms with Gasteiger partial charge in [0, 0.05) is 31.5 Å². The van der Waals surface area contributed by atoms with Crippen molar-refractivity contribution in [3.8, 4) is 0 Å². The Morgan fingerprint density at radius 1 is 1.36 bits per heavy atom. The summed E-state index contributed by atoms with van der Waals surface area (Å²) in [6, 6.07) is 7.96. The normalized spacial score (nSPS) is 29.7. The molecule has 1 aliphatic heterocycles. The molecule has 0 radical (unpaired) electrons. The van der Waals surface area contributed by atoms with E-state index in [1.54, 1.807) is 0 Å². The second-order valence-corrected chi connectivity index (χ2v) is 6.26. The zero-order chi connectivity index (χ0) is 15.7.